The summed E-state index contributed by atoms with van der Waals surface area (Å²) in [6.45, 7) is 6.22. The molecule has 0 fully saturated rings. The van der Waals surface area contributed by atoms with Crippen molar-refractivity contribution in [2.45, 2.75) is 32.8 Å². The zero-order valence-corrected chi connectivity index (χ0v) is 17.6. The first-order valence-corrected chi connectivity index (χ1v) is 9.78. The molecule has 6 heteroatoms. The molecule has 1 aliphatic rings. The van der Waals surface area contributed by atoms with Gasteiger partial charge in [0.1, 0.15) is 11.5 Å². The Kier molecular flexibility index (Phi) is 6.11. The molecule has 0 N–H and O–H groups in total. The zero-order valence-electron chi connectivity index (χ0n) is 17.6. The van der Waals surface area contributed by atoms with Gasteiger partial charge in [0.2, 0.25) is 0 Å². The number of carbonyl (C=O) groups is 2. The average molecular weight is 396 g/mol. The number of rotatable bonds is 5. The Hall–Kier alpha value is -3.02. The number of anilines is 1. The van der Waals surface area contributed by atoms with Gasteiger partial charge in [0.05, 0.1) is 12.2 Å². The Balaban J connectivity index is 1.81. The van der Waals surface area contributed by atoms with E-state index >= 15 is 0 Å². The van der Waals surface area contributed by atoms with Crippen LogP contribution in [0.15, 0.2) is 42.5 Å². The van der Waals surface area contributed by atoms with Gasteiger partial charge < -0.3 is 19.3 Å². The van der Waals surface area contributed by atoms with Gasteiger partial charge in [-0.3, -0.25) is 9.59 Å². The van der Waals surface area contributed by atoms with E-state index in [1.165, 1.54) is 4.90 Å². The van der Waals surface area contributed by atoms with Gasteiger partial charge in [-0.2, -0.15) is 0 Å². The van der Waals surface area contributed by atoms with Crippen molar-refractivity contribution >= 4 is 17.5 Å². The van der Waals surface area contributed by atoms with E-state index < -0.39 is 6.10 Å². The van der Waals surface area contributed by atoms with Crippen molar-refractivity contribution in [1.29, 1.82) is 0 Å². The van der Waals surface area contributed by atoms with Gasteiger partial charge in [0, 0.05) is 14.1 Å². The van der Waals surface area contributed by atoms with Gasteiger partial charge in [0.25, 0.3) is 11.8 Å². The van der Waals surface area contributed by atoms with Crippen molar-refractivity contribution in [2.24, 2.45) is 0 Å². The van der Waals surface area contributed by atoms with E-state index in [1.807, 2.05) is 43.3 Å². The van der Waals surface area contributed by atoms with Crippen LogP contribution in [-0.2, 0) is 9.59 Å². The molecule has 2 amide bonds. The first-order valence-electron chi connectivity index (χ1n) is 9.78. The third-order valence-corrected chi connectivity index (χ3v) is 4.93. The Morgan fingerprint density at radius 1 is 1.21 bits per heavy atom. The maximum Gasteiger partial charge on any atom is 0.265 e. The Labute approximate surface area is 172 Å². The van der Waals surface area contributed by atoms with Gasteiger partial charge in [-0.05, 0) is 42.2 Å². The van der Waals surface area contributed by atoms with Crippen LogP contribution in [0.2, 0.25) is 0 Å². The minimum Gasteiger partial charge on any atom is -0.483 e. The number of fused-ring (bicyclic) bond motifs is 1. The smallest absolute Gasteiger partial charge is 0.265 e. The SMILES string of the molecule is Cc1ccc(C(C)C)c(OCC(=O)N2C[C@@H](C(=O)N(C)C)Oc3ccccc32)c1. The number of hydrogen-bond donors (Lipinski definition) is 0. The van der Waals surface area contributed by atoms with Crippen LogP contribution < -0.4 is 14.4 Å². The molecule has 0 spiro atoms. The molecule has 0 saturated carbocycles. The predicted molar refractivity (Wildman–Crippen MR) is 113 cm³/mol. The van der Waals surface area contributed by atoms with E-state index in [9.17, 15) is 9.59 Å². The van der Waals surface area contributed by atoms with E-state index in [0.717, 1.165) is 16.9 Å². The van der Waals surface area contributed by atoms with Crippen LogP contribution in [0, 0.1) is 6.92 Å². The quantitative estimate of drug-likeness (QED) is 0.777. The summed E-state index contributed by atoms with van der Waals surface area (Å²) in [7, 11) is 3.35. The van der Waals surface area contributed by atoms with Crippen LogP contribution >= 0.6 is 0 Å². The number of para-hydroxylation sites is 2. The fraction of sp³-hybridized carbons (Fsp3) is 0.391. The summed E-state index contributed by atoms with van der Waals surface area (Å²) in [4.78, 5) is 28.6. The van der Waals surface area contributed by atoms with Gasteiger partial charge in [-0.15, -0.1) is 0 Å². The van der Waals surface area contributed by atoms with Gasteiger partial charge in [0.15, 0.2) is 12.7 Å². The molecule has 2 aromatic rings. The highest BCUT2D eigenvalue weighted by Crippen LogP contribution is 2.34. The molecule has 1 heterocycles. The molecule has 1 atom stereocenters. The summed E-state index contributed by atoms with van der Waals surface area (Å²) < 4.78 is 11.8. The number of hydrogen-bond acceptors (Lipinski definition) is 4. The highest BCUT2D eigenvalue weighted by atomic mass is 16.5. The van der Waals surface area contributed by atoms with Crippen molar-refractivity contribution in [3.8, 4) is 11.5 Å². The minimum absolute atomic E-state index is 0.111. The molecule has 29 heavy (non-hydrogen) atoms. The second kappa shape index (κ2) is 8.55. The molecule has 6 nitrogen and oxygen atoms in total. The fourth-order valence-corrected chi connectivity index (χ4v) is 3.35. The van der Waals surface area contributed by atoms with Crippen molar-refractivity contribution in [3.05, 3.63) is 53.6 Å². The third-order valence-electron chi connectivity index (χ3n) is 4.93. The van der Waals surface area contributed by atoms with Crippen molar-refractivity contribution in [3.63, 3.8) is 0 Å². The lowest BCUT2D eigenvalue weighted by Crippen LogP contribution is -2.51. The van der Waals surface area contributed by atoms with Crippen LogP contribution in [0.1, 0.15) is 30.9 Å². The van der Waals surface area contributed by atoms with E-state index in [1.54, 1.807) is 25.1 Å². The lowest BCUT2D eigenvalue weighted by molar-refractivity contribution is -0.136. The number of amides is 2. The van der Waals surface area contributed by atoms with Crippen LogP contribution in [0.4, 0.5) is 5.69 Å². The maximum absolute atomic E-state index is 13.1. The predicted octanol–water partition coefficient (Wildman–Crippen LogP) is 3.38. The second-order valence-corrected chi connectivity index (χ2v) is 7.80. The van der Waals surface area contributed by atoms with Gasteiger partial charge in [-0.1, -0.05) is 38.1 Å². The number of benzene rings is 2. The summed E-state index contributed by atoms with van der Waals surface area (Å²) in [5.74, 6) is 1.13. The topological polar surface area (TPSA) is 59.1 Å². The number of carbonyl (C=O) groups excluding carboxylic acids is 2. The number of likely N-dealkylation sites (N-methyl/N-ethyl adjacent to an activating group) is 1. The molecule has 2 aromatic carbocycles. The van der Waals surface area contributed by atoms with Crippen molar-refractivity contribution in [1.82, 2.24) is 4.90 Å². The molecular formula is C23H28N2O4. The Bertz CT molecular complexity index is 908. The van der Waals surface area contributed by atoms with Crippen LogP contribution in [0.25, 0.3) is 0 Å². The minimum atomic E-state index is -0.742. The highest BCUT2D eigenvalue weighted by Gasteiger charge is 2.34. The molecule has 3 rings (SSSR count). The molecular weight excluding hydrogens is 368 g/mol. The van der Waals surface area contributed by atoms with Crippen molar-refractivity contribution < 1.29 is 19.1 Å². The van der Waals surface area contributed by atoms with E-state index in [-0.39, 0.29) is 30.9 Å². The van der Waals surface area contributed by atoms with Gasteiger partial charge in [-0.25, -0.2) is 0 Å². The van der Waals surface area contributed by atoms with E-state index in [2.05, 4.69) is 13.8 Å². The largest absolute Gasteiger partial charge is 0.483 e. The molecule has 0 aliphatic carbocycles. The van der Waals surface area contributed by atoms with E-state index in [0.29, 0.717) is 11.4 Å². The normalized spacial score (nSPS) is 15.5. The first kappa shape index (κ1) is 20.7. The summed E-state index contributed by atoms with van der Waals surface area (Å²) in [6, 6.07) is 13.3. The molecule has 0 radical (unpaired) electrons. The first-order chi connectivity index (χ1) is 13.8. The van der Waals surface area contributed by atoms with Crippen LogP contribution in [0.5, 0.6) is 11.5 Å². The van der Waals surface area contributed by atoms with Crippen LogP contribution in [0.3, 0.4) is 0 Å². The Morgan fingerprint density at radius 3 is 2.62 bits per heavy atom. The second-order valence-electron chi connectivity index (χ2n) is 7.80. The molecule has 0 aromatic heterocycles. The number of aryl methyl sites for hydroxylation is 1. The molecule has 0 unspecified atom stereocenters. The Morgan fingerprint density at radius 2 is 1.93 bits per heavy atom. The van der Waals surface area contributed by atoms with Crippen LogP contribution in [-0.4, -0.2) is 50.1 Å². The lowest BCUT2D eigenvalue weighted by atomic mass is 10.0. The number of ether oxygens (including phenoxy) is 2. The van der Waals surface area contributed by atoms with Gasteiger partial charge >= 0.3 is 0 Å². The maximum atomic E-state index is 13.1. The number of nitrogens with zero attached hydrogens (tertiary/aromatic N) is 2. The van der Waals surface area contributed by atoms with E-state index in [4.69, 9.17) is 9.47 Å². The third kappa shape index (κ3) is 4.53. The lowest BCUT2D eigenvalue weighted by Gasteiger charge is -2.35. The molecule has 154 valence electrons. The zero-order chi connectivity index (χ0) is 21.1. The molecule has 1 aliphatic heterocycles. The average Bonchev–Trinajstić information content (AvgIpc) is 2.70. The monoisotopic (exact) mass is 396 g/mol. The standard InChI is InChI=1S/C23H28N2O4/c1-15(2)17-11-10-16(3)12-20(17)28-14-22(26)25-13-21(23(27)24(4)5)29-19-9-7-6-8-18(19)25/h6-12,15,21H,13-14H2,1-5H3/t21-/m0/s1. The fourth-order valence-electron chi connectivity index (χ4n) is 3.35. The molecule has 0 saturated heterocycles. The van der Waals surface area contributed by atoms with Crippen molar-refractivity contribution in [2.75, 3.05) is 32.1 Å². The highest BCUT2D eigenvalue weighted by molar-refractivity contribution is 5.98. The summed E-state index contributed by atoms with van der Waals surface area (Å²) >= 11 is 0. The molecule has 0 bridgehead atoms. The summed E-state index contributed by atoms with van der Waals surface area (Å²) in [5.41, 5.74) is 2.79. The summed E-state index contributed by atoms with van der Waals surface area (Å²) in [6.07, 6.45) is -0.742. The summed E-state index contributed by atoms with van der Waals surface area (Å²) in [5, 5.41) is 0.